The third-order valence-corrected chi connectivity index (χ3v) is 3.89. The quantitative estimate of drug-likeness (QED) is 0.675. The summed E-state index contributed by atoms with van der Waals surface area (Å²) in [6.07, 6.45) is 6.48. The molecule has 2 aliphatic carbocycles. The number of fused-ring (bicyclic) bond motifs is 1. The van der Waals surface area contributed by atoms with Gasteiger partial charge in [0.1, 0.15) is 5.75 Å². The van der Waals surface area contributed by atoms with Gasteiger partial charge in [0.15, 0.2) is 0 Å². The third kappa shape index (κ3) is 2.46. The summed E-state index contributed by atoms with van der Waals surface area (Å²) in [5.74, 6) is 1.77. The van der Waals surface area contributed by atoms with Crippen molar-refractivity contribution in [1.82, 2.24) is 5.43 Å². The first-order chi connectivity index (χ1) is 9.78. The van der Waals surface area contributed by atoms with E-state index in [1.54, 1.807) is 24.3 Å². The zero-order chi connectivity index (χ0) is 13.9. The number of ether oxygens (including phenoxy) is 1. The van der Waals surface area contributed by atoms with Gasteiger partial charge in [-0.2, -0.15) is 5.10 Å². The van der Waals surface area contributed by atoms with Crippen LogP contribution in [-0.4, -0.2) is 18.2 Å². The predicted octanol–water partition coefficient (Wildman–Crippen LogP) is 2.77. The molecule has 0 heterocycles. The van der Waals surface area contributed by atoms with E-state index in [-0.39, 0.29) is 5.91 Å². The summed E-state index contributed by atoms with van der Waals surface area (Å²) in [5, 5.41) is 4.25. The van der Waals surface area contributed by atoms with E-state index in [4.69, 9.17) is 4.74 Å². The van der Waals surface area contributed by atoms with E-state index in [2.05, 4.69) is 22.7 Å². The van der Waals surface area contributed by atoms with Crippen LogP contribution in [0.1, 0.15) is 30.1 Å². The molecule has 0 spiro atoms. The van der Waals surface area contributed by atoms with E-state index in [1.807, 2.05) is 6.92 Å². The minimum atomic E-state index is -0.171. The molecule has 0 unspecified atom stereocenters. The molecule has 2 atom stereocenters. The van der Waals surface area contributed by atoms with Gasteiger partial charge in [0, 0.05) is 17.2 Å². The predicted molar refractivity (Wildman–Crippen MR) is 77.9 cm³/mol. The molecule has 4 heteroatoms. The summed E-state index contributed by atoms with van der Waals surface area (Å²) in [6.45, 7) is 2.55. The molecule has 1 fully saturated rings. The second-order valence-electron chi connectivity index (χ2n) is 5.14. The molecule has 1 saturated carbocycles. The third-order valence-electron chi connectivity index (χ3n) is 3.89. The van der Waals surface area contributed by atoms with E-state index < -0.39 is 0 Å². The highest BCUT2D eigenvalue weighted by Crippen LogP contribution is 2.40. The van der Waals surface area contributed by atoms with Gasteiger partial charge in [-0.25, -0.2) is 5.43 Å². The number of allylic oxidation sites excluding steroid dienone is 2. The number of benzene rings is 1. The number of carbonyl (C=O) groups excluding carboxylic acids is 1. The monoisotopic (exact) mass is 270 g/mol. The fourth-order valence-electron chi connectivity index (χ4n) is 2.72. The Hall–Kier alpha value is -2.10. The molecule has 0 radical (unpaired) electrons. The van der Waals surface area contributed by atoms with E-state index >= 15 is 0 Å². The van der Waals surface area contributed by atoms with Crippen LogP contribution in [0, 0.1) is 11.8 Å². The Morgan fingerprint density at radius 1 is 1.40 bits per heavy atom. The largest absolute Gasteiger partial charge is 0.494 e. The molecule has 1 amide bonds. The van der Waals surface area contributed by atoms with Gasteiger partial charge < -0.3 is 4.74 Å². The first-order valence-electron chi connectivity index (χ1n) is 7.04. The van der Waals surface area contributed by atoms with E-state index in [0.717, 1.165) is 24.3 Å². The Morgan fingerprint density at radius 3 is 2.90 bits per heavy atom. The number of carbonyl (C=O) groups is 1. The number of hydrogen-bond donors (Lipinski definition) is 1. The number of amides is 1. The van der Waals surface area contributed by atoms with Crippen molar-refractivity contribution in [2.24, 2.45) is 16.9 Å². The Kier molecular flexibility index (Phi) is 3.54. The summed E-state index contributed by atoms with van der Waals surface area (Å²) < 4.78 is 5.35. The van der Waals surface area contributed by atoms with Gasteiger partial charge in [-0.1, -0.05) is 12.2 Å². The lowest BCUT2D eigenvalue weighted by molar-refractivity contribution is 0.0954. The molecule has 1 aromatic carbocycles. The zero-order valence-corrected chi connectivity index (χ0v) is 11.5. The molecule has 104 valence electrons. The minimum absolute atomic E-state index is 0.171. The van der Waals surface area contributed by atoms with Gasteiger partial charge in [-0.05, 0) is 49.9 Å². The summed E-state index contributed by atoms with van der Waals surface area (Å²) >= 11 is 0. The Bertz CT molecular complexity index is 560. The van der Waals surface area contributed by atoms with Crippen molar-refractivity contribution in [3.8, 4) is 5.75 Å². The lowest BCUT2D eigenvalue weighted by Gasteiger charge is -2.31. The highest BCUT2D eigenvalue weighted by atomic mass is 16.5. The average molecular weight is 270 g/mol. The van der Waals surface area contributed by atoms with Crippen LogP contribution in [0.3, 0.4) is 0 Å². The molecule has 0 aliphatic heterocycles. The van der Waals surface area contributed by atoms with Crippen molar-refractivity contribution in [3.63, 3.8) is 0 Å². The van der Waals surface area contributed by atoms with Crippen molar-refractivity contribution in [2.45, 2.75) is 19.8 Å². The van der Waals surface area contributed by atoms with E-state index in [1.165, 1.54) is 0 Å². The number of hydrogen-bond acceptors (Lipinski definition) is 3. The van der Waals surface area contributed by atoms with Crippen LogP contribution < -0.4 is 10.2 Å². The van der Waals surface area contributed by atoms with E-state index in [0.29, 0.717) is 24.0 Å². The Balaban J connectivity index is 1.58. The number of hydrazone groups is 1. The van der Waals surface area contributed by atoms with Gasteiger partial charge in [0.2, 0.25) is 0 Å². The van der Waals surface area contributed by atoms with Crippen LogP contribution in [0.25, 0.3) is 0 Å². The molecule has 4 nitrogen and oxygen atoms in total. The maximum Gasteiger partial charge on any atom is 0.271 e. The maximum atomic E-state index is 12.0. The normalized spacial score (nSPS) is 25.1. The molecule has 2 aliphatic rings. The van der Waals surface area contributed by atoms with Crippen LogP contribution in [0.4, 0.5) is 0 Å². The standard InChI is InChI=1S/C16H18N2O2/c1-2-20-13-8-6-11(7-9-13)16(19)18-17-15-10-12-4-3-5-14(12)15/h3-4,6-9,12,14H,2,5,10H2,1H3,(H,18,19)/b17-15-/t12-,14-/m0/s1. The first kappa shape index (κ1) is 12.9. The number of nitrogens with zero attached hydrogens (tertiary/aromatic N) is 1. The van der Waals surface area contributed by atoms with Gasteiger partial charge in [0.05, 0.1) is 6.61 Å². The molecule has 0 bridgehead atoms. The lowest BCUT2D eigenvalue weighted by atomic mass is 9.74. The van der Waals surface area contributed by atoms with Crippen molar-refractivity contribution < 1.29 is 9.53 Å². The summed E-state index contributed by atoms with van der Waals surface area (Å²) in [4.78, 5) is 12.0. The van der Waals surface area contributed by atoms with Crippen molar-refractivity contribution in [2.75, 3.05) is 6.61 Å². The molecule has 1 aromatic rings. The molecule has 20 heavy (non-hydrogen) atoms. The molecule has 3 rings (SSSR count). The summed E-state index contributed by atoms with van der Waals surface area (Å²) in [7, 11) is 0. The second kappa shape index (κ2) is 5.49. The minimum Gasteiger partial charge on any atom is -0.494 e. The zero-order valence-electron chi connectivity index (χ0n) is 11.5. The van der Waals surface area contributed by atoms with E-state index in [9.17, 15) is 4.79 Å². The fraction of sp³-hybridized carbons (Fsp3) is 0.375. The molecule has 0 aromatic heterocycles. The van der Waals surface area contributed by atoms with Crippen LogP contribution in [0.2, 0.25) is 0 Å². The van der Waals surface area contributed by atoms with Gasteiger partial charge in [-0.15, -0.1) is 0 Å². The van der Waals surface area contributed by atoms with Crippen molar-refractivity contribution >= 4 is 11.6 Å². The lowest BCUT2D eigenvalue weighted by Crippen LogP contribution is -2.35. The molecular weight excluding hydrogens is 252 g/mol. The Morgan fingerprint density at radius 2 is 2.20 bits per heavy atom. The summed E-state index contributed by atoms with van der Waals surface area (Å²) in [6, 6.07) is 7.10. The maximum absolute atomic E-state index is 12.0. The first-order valence-corrected chi connectivity index (χ1v) is 7.04. The van der Waals surface area contributed by atoms with Crippen molar-refractivity contribution in [3.05, 3.63) is 42.0 Å². The summed E-state index contributed by atoms with van der Waals surface area (Å²) in [5.41, 5.74) is 4.35. The highest BCUT2D eigenvalue weighted by molar-refractivity contribution is 5.98. The smallest absolute Gasteiger partial charge is 0.271 e. The van der Waals surface area contributed by atoms with Gasteiger partial charge in [0.25, 0.3) is 5.91 Å². The second-order valence-corrected chi connectivity index (χ2v) is 5.14. The topological polar surface area (TPSA) is 50.7 Å². The highest BCUT2D eigenvalue weighted by Gasteiger charge is 2.37. The number of rotatable bonds is 4. The van der Waals surface area contributed by atoms with Crippen molar-refractivity contribution in [1.29, 1.82) is 0 Å². The molecule has 1 N–H and O–H groups in total. The molecule has 0 saturated heterocycles. The fourth-order valence-corrected chi connectivity index (χ4v) is 2.72. The van der Waals surface area contributed by atoms with Crippen LogP contribution in [-0.2, 0) is 0 Å². The van der Waals surface area contributed by atoms with Crippen LogP contribution in [0.5, 0.6) is 5.75 Å². The van der Waals surface area contributed by atoms with Gasteiger partial charge >= 0.3 is 0 Å². The molecular formula is C16H18N2O2. The Labute approximate surface area is 118 Å². The average Bonchev–Trinajstić information content (AvgIpc) is 2.81. The van der Waals surface area contributed by atoms with Crippen LogP contribution >= 0.6 is 0 Å². The SMILES string of the molecule is CCOc1ccc(C(=O)N/N=C2/C[C@@H]3C=CC[C@H]23)cc1. The number of nitrogens with one attached hydrogen (secondary N) is 1. The van der Waals surface area contributed by atoms with Crippen LogP contribution in [0.15, 0.2) is 41.5 Å². The van der Waals surface area contributed by atoms with Gasteiger partial charge in [-0.3, -0.25) is 4.79 Å².